The fraction of sp³-hybridized carbons (Fsp3) is 0.379. The predicted molar refractivity (Wildman–Crippen MR) is 137 cm³/mol. The summed E-state index contributed by atoms with van der Waals surface area (Å²) in [4.78, 5) is 0. The lowest BCUT2D eigenvalue weighted by Crippen LogP contribution is -2.42. The number of unbranched alkanes of at least 4 members (excludes halogenated alkanes) is 3. The molecule has 1 aromatic heterocycles. The zero-order chi connectivity index (χ0) is 23.6. The van der Waals surface area contributed by atoms with E-state index in [0.29, 0.717) is 13.0 Å². The molecule has 0 aliphatic rings. The normalized spacial score (nSPS) is 14.1. The summed E-state index contributed by atoms with van der Waals surface area (Å²) in [7, 11) is 0. The highest BCUT2D eigenvalue weighted by molar-refractivity contribution is 5.74. The summed E-state index contributed by atoms with van der Waals surface area (Å²) in [6.07, 6.45) is 5.86. The van der Waals surface area contributed by atoms with Crippen molar-refractivity contribution in [3.63, 3.8) is 0 Å². The molecule has 178 valence electrons. The molecule has 4 aromatic rings. The van der Waals surface area contributed by atoms with Gasteiger partial charge in [-0.05, 0) is 43.2 Å². The fourth-order valence-corrected chi connectivity index (χ4v) is 4.57. The Balaban J connectivity index is 1.81. The average molecular weight is 458 g/mol. The van der Waals surface area contributed by atoms with E-state index >= 15 is 0 Å². The first-order valence-electron chi connectivity index (χ1n) is 12.5. The van der Waals surface area contributed by atoms with Gasteiger partial charge in [-0.2, -0.15) is 0 Å². The van der Waals surface area contributed by atoms with Crippen LogP contribution in [0, 0.1) is 0 Å². The third-order valence-corrected chi connectivity index (χ3v) is 6.25. The number of para-hydroxylation sites is 2. The number of nitrogens with zero attached hydrogens (tertiary/aromatic N) is 3. The van der Waals surface area contributed by atoms with Gasteiger partial charge in [-0.3, -0.25) is 0 Å². The molecule has 2 atom stereocenters. The first-order valence-corrected chi connectivity index (χ1v) is 12.5. The van der Waals surface area contributed by atoms with Crippen LogP contribution in [0.5, 0.6) is 5.75 Å². The van der Waals surface area contributed by atoms with Crippen LogP contribution in [0.15, 0.2) is 84.9 Å². The summed E-state index contributed by atoms with van der Waals surface area (Å²) < 4.78 is 15.2. The zero-order valence-corrected chi connectivity index (χ0v) is 20.3. The minimum absolute atomic E-state index is 0.135. The van der Waals surface area contributed by atoms with Crippen LogP contribution in [0.3, 0.4) is 0 Å². The first kappa shape index (κ1) is 24.0. The lowest BCUT2D eigenvalue weighted by Gasteiger charge is -2.37. The van der Waals surface area contributed by atoms with Crippen LogP contribution in [-0.4, -0.2) is 21.6 Å². The van der Waals surface area contributed by atoms with Gasteiger partial charge in [-0.25, -0.2) is 4.68 Å². The molecular weight excluding hydrogens is 422 g/mol. The molecule has 0 N–H and O–H groups in total. The maximum atomic E-state index is 6.91. The van der Waals surface area contributed by atoms with Crippen molar-refractivity contribution in [2.45, 2.75) is 64.2 Å². The Morgan fingerprint density at radius 3 is 2.26 bits per heavy atom. The topological polar surface area (TPSA) is 49.2 Å². The minimum atomic E-state index is -0.749. The molecule has 5 nitrogen and oxygen atoms in total. The molecule has 0 spiro atoms. The minimum Gasteiger partial charge on any atom is -0.466 e. The smallest absolute Gasteiger partial charge is 0.207 e. The quantitative estimate of drug-likeness (QED) is 0.198. The second-order valence-corrected chi connectivity index (χ2v) is 8.72. The van der Waals surface area contributed by atoms with E-state index in [1.165, 1.54) is 12.8 Å². The third-order valence-electron chi connectivity index (χ3n) is 6.25. The summed E-state index contributed by atoms with van der Waals surface area (Å²) in [5.74, 6) is 0.820. The van der Waals surface area contributed by atoms with E-state index in [1.807, 2.05) is 66.2 Å². The maximum absolute atomic E-state index is 6.91. The number of fused-ring (bicyclic) bond motifs is 1. The van der Waals surface area contributed by atoms with E-state index in [4.69, 9.17) is 9.47 Å². The lowest BCUT2D eigenvalue weighted by molar-refractivity contribution is -0.0837. The Morgan fingerprint density at radius 2 is 1.53 bits per heavy atom. The van der Waals surface area contributed by atoms with E-state index in [2.05, 4.69) is 47.6 Å². The van der Waals surface area contributed by atoms with Crippen molar-refractivity contribution in [2.75, 3.05) is 6.61 Å². The molecule has 34 heavy (non-hydrogen) atoms. The first-order chi connectivity index (χ1) is 16.8. The summed E-state index contributed by atoms with van der Waals surface area (Å²) in [6, 6.07) is 28.6. The van der Waals surface area contributed by atoms with Gasteiger partial charge in [0, 0.05) is 19.4 Å². The van der Waals surface area contributed by atoms with Crippen molar-refractivity contribution in [3.05, 3.63) is 90.5 Å². The van der Waals surface area contributed by atoms with E-state index in [-0.39, 0.29) is 6.10 Å². The Bertz CT molecular complexity index is 1130. The van der Waals surface area contributed by atoms with Crippen LogP contribution in [0.1, 0.15) is 64.0 Å². The van der Waals surface area contributed by atoms with E-state index < -0.39 is 5.72 Å². The van der Waals surface area contributed by atoms with Gasteiger partial charge in [0.15, 0.2) is 0 Å². The van der Waals surface area contributed by atoms with E-state index in [0.717, 1.165) is 41.6 Å². The van der Waals surface area contributed by atoms with Gasteiger partial charge in [0.05, 0.1) is 11.6 Å². The van der Waals surface area contributed by atoms with Gasteiger partial charge in [0.25, 0.3) is 0 Å². The Morgan fingerprint density at radius 1 is 0.824 bits per heavy atom. The number of hydrogen-bond acceptors (Lipinski definition) is 4. The second kappa shape index (κ2) is 11.8. The fourth-order valence-electron chi connectivity index (χ4n) is 4.57. The Hall–Kier alpha value is -3.18. The van der Waals surface area contributed by atoms with Crippen LogP contribution >= 0.6 is 0 Å². The molecular formula is C29H35N3O2. The molecule has 1 heterocycles. The predicted octanol–water partition coefficient (Wildman–Crippen LogP) is 7.30. The molecule has 0 fully saturated rings. The number of benzene rings is 3. The van der Waals surface area contributed by atoms with Crippen LogP contribution in [0.4, 0.5) is 0 Å². The van der Waals surface area contributed by atoms with Crippen molar-refractivity contribution < 1.29 is 9.47 Å². The molecule has 0 saturated heterocycles. The summed E-state index contributed by atoms with van der Waals surface area (Å²) in [5.41, 5.74) is 2.23. The Kier molecular flexibility index (Phi) is 8.31. The van der Waals surface area contributed by atoms with Crippen molar-refractivity contribution in [3.8, 4) is 5.75 Å². The van der Waals surface area contributed by atoms with Crippen molar-refractivity contribution in [2.24, 2.45) is 0 Å². The monoisotopic (exact) mass is 457 g/mol. The summed E-state index contributed by atoms with van der Waals surface area (Å²) >= 11 is 0. The van der Waals surface area contributed by atoms with E-state index in [1.54, 1.807) is 0 Å². The molecule has 0 radical (unpaired) electrons. The summed E-state index contributed by atoms with van der Waals surface area (Å²) in [5, 5.41) is 9.14. The van der Waals surface area contributed by atoms with Gasteiger partial charge >= 0.3 is 0 Å². The van der Waals surface area contributed by atoms with Gasteiger partial charge in [-0.15, -0.1) is 5.10 Å². The number of hydrogen-bond donors (Lipinski definition) is 0. The van der Waals surface area contributed by atoms with Gasteiger partial charge < -0.3 is 9.47 Å². The maximum Gasteiger partial charge on any atom is 0.207 e. The third kappa shape index (κ3) is 5.65. The van der Waals surface area contributed by atoms with Crippen LogP contribution in [0.25, 0.3) is 11.0 Å². The van der Waals surface area contributed by atoms with Crippen molar-refractivity contribution >= 4 is 11.0 Å². The average Bonchev–Trinajstić information content (AvgIpc) is 3.32. The second-order valence-electron chi connectivity index (χ2n) is 8.72. The van der Waals surface area contributed by atoms with Crippen LogP contribution in [0.2, 0.25) is 0 Å². The molecule has 5 heteroatoms. The molecule has 0 amide bonds. The number of ether oxygens (including phenoxy) is 2. The molecule has 0 saturated carbocycles. The molecule has 0 bridgehead atoms. The van der Waals surface area contributed by atoms with Crippen LogP contribution < -0.4 is 4.74 Å². The number of rotatable bonds is 13. The standard InChI is InChI=1S/C29H35N3O2/c1-3-5-6-15-22-29(34-25-18-11-8-12-19-25,32-27-21-14-13-20-26(27)30-31-32)23-28(33-4-2)24-16-9-7-10-17-24/h7-14,16-21,28H,3-6,15,22-23H2,1-2H3. The molecule has 3 aromatic carbocycles. The summed E-state index contributed by atoms with van der Waals surface area (Å²) in [6.45, 7) is 4.90. The van der Waals surface area contributed by atoms with Crippen molar-refractivity contribution in [1.82, 2.24) is 15.0 Å². The highest BCUT2D eigenvalue weighted by Gasteiger charge is 2.40. The lowest BCUT2D eigenvalue weighted by atomic mass is 9.93. The molecule has 0 aliphatic heterocycles. The molecule has 4 rings (SSSR count). The van der Waals surface area contributed by atoms with Gasteiger partial charge in [0.1, 0.15) is 11.3 Å². The molecule has 0 aliphatic carbocycles. The largest absolute Gasteiger partial charge is 0.466 e. The van der Waals surface area contributed by atoms with Crippen molar-refractivity contribution in [1.29, 1.82) is 0 Å². The molecule has 2 unspecified atom stereocenters. The van der Waals surface area contributed by atoms with E-state index in [9.17, 15) is 0 Å². The van der Waals surface area contributed by atoms with Gasteiger partial charge in [-0.1, -0.05) is 92.1 Å². The highest BCUT2D eigenvalue weighted by atomic mass is 16.5. The number of aromatic nitrogens is 3. The SMILES string of the molecule is CCCCCCC(CC(OCC)c1ccccc1)(Oc1ccccc1)n1nnc2ccccc21. The van der Waals surface area contributed by atoms with Gasteiger partial charge in [0.2, 0.25) is 5.72 Å². The Labute approximate surface area is 202 Å². The highest BCUT2D eigenvalue weighted by Crippen LogP contribution is 2.39. The van der Waals surface area contributed by atoms with Crippen LogP contribution in [-0.2, 0) is 10.5 Å². The zero-order valence-electron chi connectivity index (χ0n) is 20.3.